The van der Waals surface area contributed by atoms with Gasteiger partial charge in [0.05, 0.1) is 29.7 Å². The van der Waals surface area contributed by atoms with Gasteiger partial charge in [0, 0.05) is 12.1 Å². The molecule has 6 nitrogen and oxygen atoms in total. The molecule has 0 radical (unpaired) electrons. The SMILES string of the molecule is COc1cccc(-n2c(NC(=O)C(C)C(C)N)nc3ccccc32)c1. The average molecular weight is 338 g/mol. The number of para-hydroxylation sites is 2. The minimum absolute atomic E-state index is 0.158. The van der Waals surface area contributed by atoms with E-state index in [-0.39, 0.29) is 17.9 Å². The van der Waals surface area contributed by atoms with Crippen LogP contribution in [-0.2, 0) is 4.79 Å². The maximum Gasteiger partial charge on any atom is 0.231 e. The number of nitrogens with zero attached hydrogens (tertiary/aromatic N) is 2. The Kier molecular flexibility index (Phi) is 4.72. The van der Waals surface area contributed by atoms with Gasteiger partial charge in [-0.3, -0.25) is 14.7 Å². The summed E-state index contributed by atoms with van der Waals surface area (Å²) in [7, 11) is 1.62. The third kappa shape index (κ3) is 3.34. The summed E-state index contributed by atoms with van der Waals surface area (Å²) >= 11 is 0. The molecule has 3 rings (SSSR count). The first-order valence-corrected chi connectivity index (χ1v) is 8.19. The zero-order chi connectivity index (χ0) is 18.0. The van der Waals surface area contributed by atoms with Gasteiger partial charge in [-0.2, -0.15) is 0 Å². The predicted octanol–water partition coefficient (Wildman–Crippen LogP) is 2.96. The van der Waals surface area contributed by atoms with E-state index >= 15 is 0 Å². The molecule has 0 fully saturated rings. The summed E-state index contributed by atoms with van der Waals surface area (Å²) in [6, 6.07) is 15.1. The van der Waals surface area contributed by atoms with Crippen molar-refractivity contribution in [2.75, 3.05) is 12.4 Å². The second kappa shape index (κ2) is 6.94. The van der Waals surface area contributed by atoms with Gasteiger partial charge in [-0.15, -0.1) is 0 Å². The fraction of sp³-hybridized carbons (Fsp3) is 0.263. The molecule has 1 amide bonds. The third-order valence-electron chi connectivity index (χ3n) is 4.31. The largest absolute Gasteiger partial charge is 0.497 e. The number of benzene rings is 2. The predicted molar refractivity (Wildman–Crippen MR) is 99.1 cm³/mol. The molecule has 1 heterocycles. The van der Waals surface area contributed by atoms with Crippen molar-refractivity contribution in [3.05, 3.63) is 48.5 Å². The smallest absolute Gasteiger partial charge is 0.231 e. The molecule has 130 valence electrons. The lowest BCUT2D eigenvalue weighted by Crippen LogP contribution is -2.34. The van der Waals surface area contributed by atoms with Crippen LogP contribution in [0.1, 0.15) is 13.8 Å². The maximum atomic E-state index is 12.5. The van der Waals surface area contributed by atoms with Gasteiger partial charge in [-0.25, -0.2) is 4.98 Å². The minimum Gasteiger partial charge on any atom is -0.497 e. The van der Waals surface area contributed by atoms with Gasteiger partial charge in [0.25, 0.3) is 0 Å². The molecular weight excluding hydrogens is 316 g/mol. The number of hydrogen-bond acceptors (Lipinski definition) is 4. The molecule has 0 bridgehead atoms. The van der Waals surface area contributed by atoms with Crippen LogP contribution in [0.3, 0.4) is 0 Å². The summed E-state index contributed by atoms with van der Waals surface area (Å²) in [6.07, 6.45) is 0. The van der Waals surface area contributed by atoms with E-state index in [2.05, 4.69) is 10.3 Å². The number of carbonyl (C=O) groups excluding carboxylic acids is 1. The van der Waals surface area contributed by atoms with Crippen molar-refractivity contribution in [3.63, 3.8) is 0 Å². The molecule has 2 atom stereocenters. The van der Waals surface area contributed by atoms with E-state index in [1.807, 2.05) is 60.0 Å². The number of anilines is 1. The van der Waals surface area contributed by atoms with Crippen molar-refractivity contribution in [1.82, 2.24) is 9.55 Å². The molecule has 0 aliphatic heterocycles. The first kappa shape index (κ1) is 17.0. The van der Waals surface area contributed by atoms with Gasteiger partial charge >= 0.3 is 0 Å². The number of imidazole rings is 1. The second-order valence-electron chi connectivity index (χ2n) is 6.10. The van der Waals surface area contributed by atoms with Crippen LogP contribution in [0.15, 0.2) is 48.5 Å². The van der Waals surface area contributed by atoms with Crippen LogP contribution in [0.25, 0.3) is 16.7 Å². The fourth-order valence-electron chi connectivity index (χ4n) is 2.58. The fourth-order valence-corrected chi connectivity index (χ4v) is 2.58. The van der Waals surface area contributed by atoms with Gasteiger partial charge in [0.1, 0.15) is 5.75 Å². The van der Waals surface area contributed by atoms with E-state index in [1.54, 1.807) is 14.0 Å². The van der Waals surface area contributed by atoms with Crippen LogP contribution < -0.4 is 15.8 Å². The van der Waals surface area contributed by atoms with Gasteiger partial charge in [-0.05, 0) is 31.2 Å². The van der Waals surface area contributed by atoms with Crippen molar-refractivity contribution in [2.45, 2.75) is 19.9 Å². The van der Waals surface area contributed by atoms with E-state index in [9.17, 15) is 4.79 Å². The monoisotopic (exact) mass is 338 g/mol. The Morgan fingerprint density at radius 2 is 1.96 bits per heavy atom. The first-order chi connectivity index (χ1) is 12.0. The van der Waals surface area contributed by atoms with Gasteiger partial charge in [-0.1, -0.05) is 25.1 Å². The lowest BCUT2D eigenvalue weighted by molar-refractivity contribution is -0.119. The first-order valence-electron chi connectivity index (χ1n) is 8.19. The van der Waals surface area contributed by atoms with Crippen LogP contribution in [0, 0.1) is 5.92 Å². The summed E-state index contributed by atoms with van der Waals surface area (Å²) in [4.78, 5) is 17.0. The van der Waals surface area contributed by atoms with Crippen molar-refractivity contribution >= 4 is 22.9 Å². The molecule has 1 aromatic heterocycles. The van der Waals surface area contributed by atoms with Gasteiger partial charge < -0.3 is 10.5 Å². The number of carbonyl (C=O) groups is 1. The molecule has 0 saturated carbocycles. The number of fused-ring (bicyclic) bond motifs is 1. The van der Waals surface area contributed by atoms with E-state index in [1.165, 1.54) is 0 Å². The molecule has 0 aliphatic rings. The van der Waals surface area contributed by atoms with Crippen molar-refractivity contribution in [2.24, 2.45) is 11.7 Å². The molecule has 2 aromatic carbocycles. The number of rotatable bonds is 5. The number of hydrogen-bond donors (Lipinski definition) is 2. The number of ether oxygens (including phenoxy) is 1. The molecule has 3 N–H and O–H groups in total. The molecule has 6 heteroatoms. The molecule has 3 aromatic rings. The van der Waals surface area contributed by atoms with Gasteiger partial charge in [0.15, 0.2) is 0 Å². The Balaban J connectivity index is 2.10. The maximum absolute atomic E-state index is 12.5. The van der Waals surface area contributed by atoms with Crippen molar-refractivity contribution < 1.29 is 9.53 Å². The van der Waals surface area contributed by atoms with E-state index in [0.29, 0.717) is 5.95 Å². The number of amides is 1. The Morgan fingerprint density at radius 1 is 1.20 bits per heavy atom. The third-order valence-corrected chi connectivity index (χ3v) is 4.31. The van der Waals surface area contributed by atoms with E-state index in [4.69, 9.17) is 10.5 Å². The summed E-state index contributed by atoms with van der Waals surface area (Å²) in [6.45, 7) is 3.62. The van der Waals surface area contributed by atoms with E-state index < -0.39 is 0 Å². The highest BCUT2D eigenvalue weighted by Crippen LogP contribution is 2.27. The van der Waals surface area contributed by atoms with E-state index in [0.717, 1.165) is 22.5 Å². The summed E-state index contributed by atoms with van der Waals surface area (Å²) in [5.74, 6) is 0.719. The van der Waals surface area contributed by atoms with Crippen LogP contribution in [0.2, 0.25) is 0 Å². The highest BCUT2D eigenvalue weighted by molar-refractivity contribution is 5.94. The summed E-state index contributed by atoms with van der Waals surface area (Å²) in [5.41, 5.74) is 8.41. The number of aromatic nitrogens is 2. The Hall–Kier alpha value is -2.86. The van der Waals surface area contributed by atoms with Crippen molar-refractivity contribution in [3.8, 4) is 11.4 Å². The highest BCUT2D eigenvalue weighted by atomic mass is 16.5. The van der Waals surface area contributed by atoms with Crippen LogP contribution in [-0.4, -0.2) is 28.6 Å². The zero-order valence-electron chi connectivity index (χ0n) is 14.6. The minimum atomic E-state index is -0.321. The Labute approximate surface area is 146 Å². The van der Waals surface area contributed by atoms with Crippen LogP contribution in [0.5, 0.6) is 5.75 Å². The standard InChI is InChI=1S/C19H22N4O2/c1-12(13(2)20)18(24)22-19-21-16-9-4-5-10-17(16)23(19)14-7-6-8-15(11-14)25-3/h4-13H,20H2,1-3H3,(H,21,22,24). The Morgan fingerprint density at radius 3 is 2.68 bits per heavy atom. The average Bonchev–Trinajstić information content (AvgIpc) is 2.98. The molecule has 0 spiro atoms. The topological polar surface area (TPSA) is 82.2 Å². The highest BCUT2D eigenvalue weighted by Gasteiger charge is 2.21. The van der Waals surface area contributed by atoms with Crippen LogP contribution >= 0.6 is 0 Å². The number of nitrogens with one attached hydrogen (secondary N) is 1. The molecule has 2 unspecified atom stereocenters. The van der Waals surface area contributed by atoms with Crippen LogP contribution in [0.4, 0.5) is 5.95 Å². The number of nitrogens with two attached hydrogens (primary N) is 1. The quantitative estimate of drug-likeness (QED) is 0.749. The lowest BCUT2D eigenvalue weighted by atomic mass is 10.0. The molecular formula is C19H22N4O2. The molecule has 25 heavy (non-hydrogen) atoms. The molecule has 0 aliphatic carbocycles. The normalized spacial score (nSPS) is 13.4. The summed E-state index contributed by atoms with van der Waals surface area (Å²) in [5, 5.41) is 2.91. The zero-order valence-corrected chi connectivity index (χ0v) is 14.6. The summed E-state index contributed by atoms with van der Waals surface area (Å²) < 4.78 is 7.22. The second-order valence-corrected chi connectivity index (χ2v) is 6.10. The Bertz CT molecular complexity index is 901. The lowest BCUT2D eigenvalue weighted by Gasteiger charge is -2.16. The van der Waals surface area contributed by atoms with Crippen molar-refractivity contribution in [1.29, 1.82) is 0 Å². The molecule has 0 saturated heterocycles. The van der Waals surface area contributed by atoms with Gasteiger partial charge in [0.2, 0.25) is 11.9 Å². The number of methoxy groups -OCH3 is 1.